The molecule has 6 heteroatoms. The van der Waals surface area contributed by atoms with Crippen LogP contribution in [0.5, 0.6) is 0 Å². The highest BCUT2D eigenvalue weighted by atomic mass is 35.5. The molecule has 132 valence electrons. The second-order valence-corrected chi connectivity index (χ2v) is 6.72. The highest BCUT2D eigenvalue weighted by Crippen LogP contribution is 2.30. The minimum absolute atomic E-state index is 0.00110. The van der Waals surface area contributed by atoms with Gasteiger partial charge in [-0.2, -0.15) is 0 Å². The molecular weight excluding hydrogens is 328 g/mol. The number of anilines is 1. The summed E-state index contributed by atoms with van der Waals surface area (Å²) in [7, 11) is 1.61. The van der Waals surface area contributed by atoms with Crippen molar-refractivity contribution in [3.8, 4) is 0 Å². The summed E-state index contributed by atoms with van der Waals surface area (Å²) >= 11 is 5.99. The molecular formula is C18H25ClN2O3. The lowest BCUT2D eigenvalue weighted by Gasteiger charge is -2.27. The van der Waals surface area contributed by atoms with Crippen LogP contribution < -0.4 is 10.6 Å². The Bertz CT molecular complexity index is 584. The number of halogens is 1. The van der Waals surface area contributed by atoms with E-state index in [-0.39, 0.29) is 23.7 Å². The molecule has 1 aromatic carbocycles. The average molecular weight is 353 g/mol. The molecule has 0 spiro atoms. The van der Waals surface area contributed by atoms with Crippen LogP contribution in [0.15, 0.2) is 18.2 Å². The van der Waals surface area contributed by atoms with Crippen LogP contribution in [0.3, 0.4) is 0 Å². The van der Waals surface area contributed by atoms with Gasteiger partial charge in [0, 0.05) is 36.2 Å². The lowest BCUT2D eigenvalue weighted by molar-refractivity contribution is -0.128. The number of carbonyl (C=O) groups excluding carboxylic acids is 2. The van der Waals surface area contributed by atoms with E-state index >= 15 is 0 Å². The Hall–Kier alpha value is -1.59. The Morgan fingerprint density at radius 3 is 2.42 bits per heavy atom. The number of carbonyl (C=O) groups is 2. The molecule has 0 unspecified atom stereocenters. The van der Waals surface area contributed by atoms with Crippen molar-refractivity contribution < 1.29 is 14.3 Å². The molecule has 5 nitrogen and oxygen atoms in total. The molecule has 1 aromatic rings. The van der Waals surface area contributed by atoms with Gasteiger partial charge in [0.1, 0.15) is 0 Å². The number of methoxy groups -OCH3 is 1. The maximum absolute atomic E-state index is 12.4. The molecule has 0 radical (unpaired) electrons. The van der Waals surface area contributed by atoms with Gasteiger partial charge < -0.3 is 15.4 Å². The third kappa shape index (κ3) is 5.21. The molecule has 0 aliphatic heterocycles. The second kappa shape index (κ2) is 9.04. The highest BCUT2D eigenvalue weighted by molar-refractivity contribution is 6.31. The third-order valence-corrected chi connectivity index (χ3v) is 4.77. The monoisotopic (exact) mass is 352 g/mol. The number of hydrogen-bond acceptors (Lipinski definition) is 3. The Labute approximate surface area is 148 Å². The van der Waals surface area contributed by atoms with Crippen LogP contribution in [-0.4, -0.2) is 32.1 Å². The summed E-state index contributed by atoms with van der Waals surface area (Å²) in [6.45, 7) is 2.99. The Morgan fingerprint density at radius 2 is 1.79 bits per heavy atom. The van der Waals surface area contributed by atoms with Gasteiger partial charge in [0.15, 0.2) is 0 Å². The van der Waals surface area contributed by atoms with E-state index in [2.05, 4.69) is 10.6 Å². The van der Waals surface area contributed by atoms with Gasteiger partial charge >= 0.3 is 0 Å². The molecule has 0 heterocycles. The molecule has 0 atom stereocenters. The number of nitrogens with one attached hydrogen (secondary N) is 2. The molecule has 2 rings (SSSR count). The third-order valence-electron chi connectivity index (χ3n) is 4.53. The number of hydrogen-bond donors (Lipinski definition) is 2. The summed E-state index contributed by atoms with van der Waals surface area (Å²) in [6.07, 6.45) is 2.94. The first-order valence-electron chi connectivity index (χ1n) is 8.35. The van der Waals surface area contributed by atoms with Crippen molar-refractivity contribution in [1.82, 2.24) is 5.32 Å². The maximum atomic E-state index is 12.4. The Morgan fingerprint density at radius 1 is 1.17 bits per heavy atom. The van der Waals surface area contributed by atoms with Gasteiger partial charge in [-0.05, 0) is 50.3 Å². The van der Waals surface area contributed by atoms with E-state index in [0.717, 1.165) is 36.9 Å². The maximum Gasteiger partial charge on any atom is 0.227 e. The van der Waals surface area contributed by atoms with Gasteiger partial charge in [-0.3, -0.25) is 9.59 Å². The van der Waals surface area contributed by atoms with E-state index in [0.29, 0.717) is 18.2 Å². The van der Waals surface area contributed by atoms with Gasteiger partial charge in [0.2, 0.25) is 11.8 Å². The number of rotatable bonds is 6. The average Bonchev–Trinajstić information content (AvgIpc) is 2.58. The second-order valence-electron chi connectivity index (χ2n) is 6.28. The van der Waals surface area contributed by atoms with Gasteiger partial charge in [-0.1, -0.05) is 17.7 Å². The van der Waals surface area contributed by atoms with Crippen molar-refractivity contribution in [1.29, 1.82) is 0 Å². The molecule has 0 saturated heterocycles. The van der Waals surface area contributed by atoms with Crippen molar-refractivity contribution in [3.05, 3.63) is 28.8 Å². The van der Waals surface area contributed by atoms with Crippen LogP contribution in [0.25, 0.3) is 0 Å². The first kappa shape index (κ1) is 18.7. The fourth-order valence-corrected chi connectivity index (χ4v) is 3.17. The van der Waals surface area contributed by atoms with Crippen LogP contribution in [-0.2, 0) is 14.3 Å². The first-order valence-corrected chi connectivity index (χ1v) is 8.72. The first-order chi connectivity index (χ1) is 11.5. The van der Waals surface area contributed by atoms with Crippen molar-refractivity contribution >= 4 is 29.1 Å². The largest absolute Gasteiger partial charge is 0.383 e. The van der Waals surface area contributed by atoms with Crippen molar-refractivity contribution in [3.63, 3.8) is 0 Å². The smallest absolute Gasteiger partial charge is 0.227 e. The standard InChI is InChI=1S/C18H25ClN2O3/c1-12-3-8-15(19)11-16(12)21-18(23)14-6-4-13(5-7-14)17(22)20-9-10-24-2/h3,8,11,13-14H,4-7,9-10H2,1-2H3,(H,20,22)(H,21,23). The molecule has 1 aliphatic carbocycles. The summed E-state index contributed by atoms with van der Waals surface area (Å²) in [5.74, 6) is 0.0282. The van der Waals surface area contributed by atoms with Gasteiger partial charge in [-0.15, -0.1) is 0 Å². The lowest BCUT2D eigenvalue weighted by Crippen LogP contribution is -2.36. The normalized spacial score (nSPS) is 20.5. The van der Waals surface area contributed by atoms with Crippen LogP contribution in [0.1, 0.15) is 31.2 Å². The predicted octanol–water partition coefficient (Wildman–Crippen LogP) is 3.16. The number of amides is 2. The lowest BCUT2D eigenvalue weighted by atomic mass is 9.81. The molecule has 2 N–H and O–H groups in total. The van der Waals surface area contributed by atoms with E-state index in [1.807, 2.05) is 13.0 Å². The number of benzene rings is 1. The van der Waals surface area contributed by atoms with Gasteiger partial charge in [0.05, 0.1) is 6.61 Å². The zero-order valence-corrected chi connectivity index (χ0v) is 15.0. The number of aryl methyl sites for hydroxylation is 1. The molecule has 2 amide bonds. The number of ether oxygens (including phenoxy) is 1. The minimum atomic E-state index is -0.0496. The van der Waals surface area contributed by atoms with Crippen LogP contribution in [0.2, 0.25) is 5.02 Å². The summed E-state index contributed by atoms with van der Waals surface area (Å²) in [5, 5.41) is 6.44. The molecule has 1 aliphatic rings. The Kier molecular flexibility index (Phi) is 7.06. The van der Waals surface area contributed by atoms with E-state index < -0.39 is 0 Å². The summed E-state index contributed by atoms with van der Waals surface area (Å²) < 4.78 is 4.93. The van der Waals surface area contributed by atoms with Crippen molar-refractivity contribution in [2.75, 3.05) is 25.6 Å². The fourth-order valence-electron chi connectivity index (χ4n) is 3.00. The highest BCUT2D eigenvalue weighted by Gasteiger charge is 2.29. The van der Waals surface area contributed by atoms with Crippen molar-refractivity contribution in [2.24, 2.45) is 11.8 Å². The molecule has 0 bridgehead atoms. The zero-order chi connectivity index (χ0) is 17.5. The van der Waals surface area contributed by atoms with E-state index in [4.69, 9.17) is 16.3 Å². The molecule has 1 fully saturated rings. The van der Waals surface area contributed by atoms with Crippen molar-refractivity contribution in [2.45, 2.75) is 32.6 Å². The van der Waals surface area contributed by atoms with Gasteiger partial charge in [-0.25, -0.2) is 0 Å². The summed E-state index contributed by atoms with van der Waals surface area (Å²) in [4.78, 5) is 24.5. The summed E-state index contributed by atoms with van der Waals surface area (Å²) in [5.41, 5.74) is 1.74. The zero-order valence-electron chi connectivity index (χ0n) is 14.2. The molecule has 1 saturated carbocycles. The quantitative estimate of drug-likeness (QED) is 0.773. The topological polar surface area (TPSA) is 67.4 Å². The predicted molar refractivity (Wildman–Crippen MR) is 95.2 cm³/mol. The SMILES string of the molecule is COCCNC(=O)C1CCC(C(=O)Nc2cc(Cl)ccc2C)CC1. The van der Waals surface area contributed by atoms with Gasteiger partial charge in [0.25, 0.3) is 0 Å². The Balaban J connectivity index is 1.82. The van der Waals surface area contributed by atoms with Crippen LogP contribution >= 0.6 is 11.6 Å². The summed E-state index contributed by atoms with van der Waals surface area (Å²) in [6, 6.07) is 5.46. The minimum Gasteiger partial charge on any atom is -0.383 e. The van der Waals surface area contributed by atoms with Crippen LogP contribution in [0.4, 0.5) is 5.69 Å². The molecule has 0 aromatic heterocycles. The molecule has 24 heavy (non-hydrogen) atoms. The van der Waals surface area contributed by atoms with E-state index in [1.165, 1.54) is 0 Å². The van der Waals surface area contributed by atoms with E-state index in [9.17, 15) is 9.59 Å². The fraction of sp³-hybridized carbons (Fsp3) is 0.556. The van der Waals surface area contributed by atoms with Crippen LogP contribution in [0, 0.1) is 18.8 Å². The van der Waals surface area contributed by atoms with E-state index in [1.54, 1.807) is 19.2 Å².